The van der Waals surface area contributed by atoms with Crippen LogP contribution >= 0.6 is 0 Å². The summed E-state index contributed by atoms with van der Waals surface area (Å²) in [7, 11) is 0. The van der Waals surface area contributed by atoms with Gasteiger partial charge in [-0.25, -0.2) is 18.3 Å². The van der Waals surface area contributed by atoms with Gasteiger partial charge in [-0.15, -0.1) is 0 Å². The molecule has 0 N–H and O–H groups in total. The lowest BCUT2D eigenvalue weighted by atomic mass is 10.1. The van der Waals surface area contributed by atoms with E-state index in [1.165, 1.54) is 11.1 Å². The Balaban J connectivity index is 1.71. The van der Waals surface area contributed by atoms with Crippen LogP contribution in [0.2, 0.25) is 0 Å². The van der Waals surface area contributed by atoms with Crippen LogP contribution in [0.25, 0.3) is 0 Å². The summed E-state index contributed by atoms with van der Waals surface area (Å²) in [6.45, 7) is 4.00. The lowest BCUT2D eigenvalue weighted by Gasteiger charge is -2.03. The molecular formula is C17H20N4+2. The van der Waals surface area contributed by atoms with E-state index in [0.717, 1.165) is 32.6 Å². The summed E-state index contributed by atoms with van der Waals surface area (Å²) in [4.78, 5) is 0. The highest BCUT2D eigenvalue weighted by molar-refractivity contribution is 5.22. The minimum atomic E-state index is 0.937. The van der Waals surface area contributed by atoms with Gasteiger partial charge >= 0.3 is 0 Å². The van der Waals surface area contributed by atoms with Crippen molar-refractivity contribution in [3.63, 3.8) is 0 Å². The highest BCUT2D eigenvalue weighted by atomic mass is 15.1. The largest absolute Gasteiger partial charge is 0.244 e. The number of hydrogen-bond acceptors (Lipinski definition) is 0. The number of imidazole rings is 2. The number of nitrogens with zero attached hydrogens (tertiary/aromatic N) is 4. The van der Waals surface area contributed by atoms with Gasteiger partial charge in [0.15, 0.2) is 0 Å². The van der Waals surface area contributed by atoms with Gasteiger partial charge < -0.3 is 0 Å². The fraction of sp³-hybridized carbons (Fsp3) is 0.294. The first-order chi connectivity index (χ1) is 10.3. The molecule has 0 saturated carbocycles. The lowest BCUT2D eigenvalue weighted by Crippen LogP contribution is -2.33. The second-order valence-corrected chi connectivity index (χ2v) is 5.82. The van der Waals surface area contributed by atoms with Gasteiger partial charge in [-0.3, -0.25) is 0 Å². The zero-order chi connectivity index (χ0) is 14.1. The summed E-state index contributed by atoms with van der Waals surface area (Å²) in [5.74, 6) is 0. The molecule has 4 nitrogen and oxygen atoms in total. The van der Waals surface area contributed by atoms with E-state index in [2.05, 4.69) is 80.0 Å². The van der Waals surface area contributed by atoms with Crippen molar-refractivity contribution in [2.75, 3.05) is 0 Å². The predicted molar refractivity (Wildman–Crippen MR) is 78.5 cm³/mol. The van der Waals surface area contributed by atoms with Crippen molar-refractivity contribution in [1.82, 2.24) is 9.13 Å². The number of rotatable bonds is 0. The molecule has 0 fully saturated rings. The van der Waals surface area contributed by atoms with Crippen molar-refractivity contribution in [2.45, 2.75) is 32.6 Å². The summed E-state index contributed by atoms with van der Waals surface area (Å²) in [6, 6.07) is 8.87. The molecule has 1 aromatic carbocycles. The summed E-state index contributed by atoms with van der Waals surface area (Å²) >= 11 is 0. The predicted octanol–water partition coefficient (Wildman–Crippen LogP) is 1.36. The maximum Gasteiger partial charge on any atom is 0.244 e. The van der Waals surface area contributed by atoms with Crippen molar-refractivity contribution in [3.05, 3.63) is 72.8 Å². The molecule has 0 atom stereocenters. The molecule has 4 rings (SSSR count). The molecule has 1 aliphatic rings. The fourth-order valence-corrected chi connectivity index (χ4v) is 3.01. The number of fused-ring (bicyclic) bond motifs is 6. The summed E-state index contributed by atoms with van der Waals surface area (Å²) in [5, 5.41) is 0. The van der Waals surface area contributed by atoms with Crippen LogP contribution in [-0.4, -0.2) is 9.13 Å². The topological polar surface area (TPSA) is 17.6 Å². The van der Waals surface area contributed by atoms with E-state index in [1.807, 2.05) is 0 Å². The lowest BCUT2D eigenvalue weighted by molar-refractivity contribution is -0.689. The molecule has 0 spiro atoms. The minimum Gasteiger partial charge on any atom is -0.237 e. The summed E-state index contributed by atoms with van der Waals surface area (Å²) in [5.41, 5.74) is 2.71. The standard InChI is InChI=1S/C17H20N4/c1-3-16-11-17(4-1)13-21-10-8-19(15-21)6-2-5-18-7-9-20(12-16)14-18/h1,3-4,7-11,14-15H,2,5-6,12-13H2/q+2. The van der Waals surface area contributed by atoms with E-state index < -0.39 is 0 Å². The second-order valence-electron chi connectivity index (χ2n) is 5.82. The molecule has 0 unspecified atom stereocenters. The molecule has 2 aromatic heterocycles. The molecule has 106 valence electrons. The van der Waals surface area contributed by atoms with Gasteiger partial charge in [-0.05, 0) is 17.2 Å². The van der Waals surface area contributed by atoms with Gasteiger partial charge in [0.1, 0.15) is 37.9 Å². The third-order valence-corrected chi connectivity index (χ3v) is 4.05. The fourth-order valence-electron chi connectivity index (χ4n) is 3.01. The zero-order valence-electron chi connectivity index (χ0n) is 12.1. The monoisotopic (exact) mass is 280 g/mol. The van der Waals surface area contributed by atoms with Crippen molar-refractivity contribution in [1.29, 1.82) is 0 Å². The maximum atomic E-state index is 2.31. The Kier molecular flexibility index (Phi) is 3.07. The van der Waals surface area contributed by atoms with Crippen LogP contribution < -0.4 is 9.13 Å². The molecule has 1 aliphatic heterocycles. The molecule has 0 aliphatic carbocycles. The Hall–Kier alpha value is -2.36. The Labute approximate surface area is 124 Å². The average molecular weight is 280 g/mol. The molecule has 0 radical (unpaired) electrons. The third kappa shape index (κ3) is 2.75. The van der Waals surface area contributed by atoms with Crippen molar-refractivity contribution in [3.8, 4) is 0 Å². The average Bonchev–Trinajstić information content (AvgIpc) is 3.09. The number of aromatic nitrogens is 4. The second kappa shape index (κ2) is 5.20. The third-order valence-electron chi connectivity index (χ3n) is 4.05. The van der Waals surface area contributed by atoms with E-state index >= 15 is 0 Å². The molecule has 0 saturated heterocycles. The van der Waals surface area contributed by atoms with Gasteiger partial charge in [-0.2, -0.15) is 0 Å². The number of aryl methyl sites for hydroxylation is 2. The first-order valence-corrected chi connectivity index (χ1v) is 7.53. The Bertz CT molecular complexity index is 694. The normalized spacial score (nSPS) is 14.7. The minimum absolute atomic E-state index is 0.937. The molecule has 3 aromatic rings. The highest BCUT2D eigenvalue weighted by Crippen LogP contribution is 2.06. The van der Waals surface area contributed by atoms with Crippen LogP contribution in [0.4, 0.5) is 0 Å². The first kappa shape index (κ1) is 12.4. The Morgan fingerprint density at radius 3 is 1.95 bits per heavy atom. The van der Waals surface area contributed by atoms with Crippen molar-refractivity contribution >= 4 is 0 Å². The van der Waals surface area contributed by atoms with Gasteiger partial charge in [0.05, 0.1) is 13.1 Å². The summed E-state index contributed by atoms with van der Waals surface area (Å²) < 4.78 is 9.05. The van der Waals surface area contributed by atoms with Crippen LogP contribution in [0.5, 0.6) is 0 Å². The van der Waals surface area contributed by atoms with E-state index in [4.69, 9.17) is 0 Å². The van der Waals surface area contributed by atoms with Gasteiger partial charge in [0, 0.05) is 6.42 Å². The van der Waals surface area contributed by atoms with Crippen LogP contribution in [0.15, 0.2) is 61.7 Å². The molecule has 4 heteroatoms. The van der Waals surface area contributed by atoms with Gasteiger partial charge in [0.2, 0.25) is 12.7 Å². The van der Waals surface area contributed by atoms with Crippen molar-refractivity contribution in [2.24, 2.45) is 0 Å². The highest BCUT2D eigenvalue weighted by Gasteiger charge is 2.10. The van der Waals surface area contributed by atoms with Crippen LogP contribution in [0, 0.1) is 0 Å². The first-order valence-electron chi connectivity index (χ1n) is 7.53. The van der Waals surface area contributed by atoms with Crippen LogP contribution in [-0.2, 0) is 26.2 Å². The zero-order valence-corrected chi connectivity index (χ0v) is 12.1. The number of hydrogen-bond donors (Lipinski definition) is 0. The van der Waals surface area contributed by atoms with Gasteiger partial charge in [-0.1, -0.05) is 18.2 Å². The van der Waals surface area contributed by atoms with E-state index in [1.54, 1.807) is 0 Å². The quantitative estimate of drug-likeness (QED) is 0.554. The van der Waals surface area contributed by atoms with Crippen LogP contribution in [0.3, 0.4) is 0 Å². The number of benzene rings is 1. The van der Waals surface area contributed by atoms with E-state index in [-0.39, 0.29) is 0 Å². The summed E-state index contributed by atoms with van der Waals surface area (Å²) in [6.07, 6.45) is 14.2. The van der Waals surface area contributed by atoms with Crippen molar-refractivity contribution < 1.29 is 9.13 Å². The maximum absolute atomic E-state index is 2.31. The molecule has 6 bridgehead atoms. The Morgan fingerprint density at radius 1 is 0.810 bits per heavy atom. The molecule has 3 heterocycles. The van der Waals surface area contributed by atoms with E-state index in [0.29, 0.717) is 0 Å². The van der Waals surface area contributed by atoms with E-state index in [9.17, 15) is 0 Å². The SMILES string of the molecule is c1cc2cc(c1)C[n+]1ccn(c1)CCCn1cc[n+](c1)C2. The van der Waals surface area contributed by atoms with Crippen LogP contribution in [0.1, 0.15) is 17.5 Å². The Morgan fingerprint density at radius 2 is 1.38 bits per heavy atom. The molecule has 21 heavy (non-hydrogen) atoms. The smallest absolute Gasteiger partial charge is 0.237 e. The molecular weight excluding hydrogens is 260 g/mol. The van der Waals surface area contributed by atoms with Gasteiger partial charge in [0.25, 0.3) is 0 Å². The molecule has 0 amide bonds.